The smallest absolute Gasteiger partial charge is 0.304 e. The van der Waals surface area contributed by atoms with Crippen LogP contribution in [-0.4, -0.2) is 17.7 Å². The monoisotopic (exact) mass is 349 g/mol. The molecule has 7 heteroatoms. The second-order valence-corrected chi connectivity index (χ2v) is 6.61. The zero-order valence-electron chi connectivity index (χ0n) is 14.2. The third-order valence-electron chi connectivity index (χ3n) is 4.45. The maximum Gasteiger partial charge on any atom is 0.352 e. The fourth-order valence-electron chi connectivity index (χ4n) is 3.15. The van der Waals surface area contributed by atoms with E-state index in [2.05, 4.69) is 10.9 Å². The largest absolute Gasteiger partial charge is 0.352 e. The molecular formula is C18H21F2N3O2. The maximum absolute atomic E-state index is 14.3. The number of alkyl halides is 2. The lowest BCUT2D eigenvalue weighted by Crippen LogP contribution is -2.39. The van der Waals surface area contributed by atoms with Gasteiger partial charge in [-0.3, -0.25) is 15.0 Å². The van der Waals surface area contributed by atoms with Gasteiger partial charge in [0.25, 0.3) is 0 Å². The Labute approximate surface area is 145 Å². The van der Waals surface area contributed by atoms with Gasteiger partial charge in [-0.25, -0.2) is 0 Å². The van der Waals surface area contributed by atoms with E-state index in [1.54, 1.807) is 19.9 Å². The number of nitrogens with zero attached hydrogens (tertiary/aromatic N) is 1. The number of Topliss-reactive ketones (excluding diaryl/α,β-unsaturated/α-hetero) is 1. The zero-order valence-corrected chi connectivity index (χ0v) is 14.2. The van der Waals surface area contributed by atoms with Gasteiger partial charge in [0.15, 0.2) is 5.78 Å². The first-order valence-electron chi connectivity index (χ1n) is 8.43. The molecule has 0 fully saturated rings. The summed E-state index contributed by atoms with van der Waals surface area (Å²) >= 11 is 0. The molecule has 0 aromatic heterocycles. The topological polar surface area (TPSA) is 61.4 Å². The standard InChI is InChI=1S/C18H21F2N3O2/c1-11(2)23-15-9-8-12(10-13(15)18(19,20)17(23)25)21-22-14-6-4-3-5-7-16(14)24/h6,8-11,21-22H,3-5,7H2,1-2H3. The molecule has 134 valence electrons. The molecule has 3 rings (SSSR count). The van der Waals surface area contributed by atoms with E-state index in [-0.39, 0.29) is 23.1 Å². The minimum Gasteiger partial charge on any atom is -0.304 e. The van der Waals surface area contributed by atoms with Crippen molar-refractivity contribution >= 4 is 23.1 Å². The molecule has 1 aromatic rings. The molecule has 1 aliphatic carbocycles. The molecule has 0 bridgehead atoms. The van der Waals surface area contributed by atoms with Crippen LogP contribution in [0.5, 0.6) is 0 Å². The summed E-state index contributed by atoms with van der Waals surface area (Å²) in [6.07, 6.45) is 4.89. The molecule has 2 N–H and O–H groups in total. The van der Waals surface area contributed by atoms with Gasteiger partial charge in [-0.2, -0.15) is 8.78 Å². The Kier molecular flexibility index (Phi) is 4.49. The number of hydrogen-bond donors (Lipinski definition) is 2. The third-order valence-corrected chi connectivity index (χ3v) is 4.45. The number of halogens is 2. The van der Waals surface area contributed by atoms with Crippen molar-refractivity contribution in [3.63, 3.8) is 0 Å². The number of hydrogen-bond acceptors (Lipinski definition) is 4. The Bertz CT molecular complexity index is 744. The van der Waals surface area contributed by atoms with E-state index < -0.39 is 11.8 Å². The number of carbonyl (C=O) groups excluding carboxylic acids is 2. The van der Waals surface area contributed by atoms with Crippen LogP contribution >= 0.6 is 0 Å². The number of fused-ring (bicyclic) bond motifs is 1. The molecule has 0 saturated heterocycles. The van der Waals surface area contributed by atoms with Gasteiger partial charge in [0.1, 0.15) is 0 Å². The Hall–Kier alpha value is -2.44. The highest BCUT2D eigenvalue weighted by Gasteiger charge is 2.53. The lowest BCUT2D eigenvalue weighted by atomic mass is 10.1. The van der Waals surface area contributed by atoms with E-state index >= 15 is 0 Å². The number of anilines is 2. The molecule has 0 spiro atoms. The SMILES string of the molecule is CC(C)N1C(=O)C(F)(F)c2cc(NNC3=CCCCCC3=O)ccc21. The van der Waals surface area contributed by atoms with Crippen LogP contribution in [0.3, 0.4) is 0 Å². The van der Waals surface area contributed by atoms with Crippen molar-refractivity contribution in [3.05, 3.63) is 35.5 Å². The highest BCUT2D eigenvalue weighted by atomic mass is 19.3. The molecule has 0 unspecified atom stereocenters. The van der Waals surface area contributed by atoms with Crippen molar-refractivity contribution in [3.8, 4) is 0 Å². The van der Waals surface area contributed by atoms with E-state index in [0.29, 0.717) is 17.8 Å². The molecule has 0 radical (unpaired) electrons. The first-order chi connectivity index (χ1) is 11.8. The number of benzene rings is 1. The molecule has 1 aliphatic heterocycles. The second kappa shape index (κ2) is 6.46. The van der Waals surface area contributed by atoms with Crippen LogP contribution in [0.25, 0.3) is 0 Å². The van der Waals surface area contributed by atoms with Crippen LogP contribution in [0.15, 0.2) is 30.0 Å². The molecule has 25 heavy (non-hydrogen) atoms. The molecule has 5 nitrogen and oxygen atoms in total. The predicted molar refractivity (Wildman–Crippen MR) is 91.3 cm³/mol. The number of allylic oxidation sites excluding steroid dienone is 2. The lowest BCUT2D eigenvalue weighted by Gasteiger charge is -2.21. The van der Waals surface area contributed by atoms with Crippen LogP contribution in [-0.2, 0) is 15.5 Å². The Balaban J connectivity index is 1.82. The molecule has 0 saturated carbocycles. The predicted octanol–water partition coefficient (Wildman–Crippen LogP) is 3.48. The second-order valence-electron chi connectivity index (χ2n) is 6.61. The maximum atomic E-state index is 14.3. The number of hydrazine groups is 1. The fourth-order valence-corrected chi connectivity index (χ4v) is 3.15. The summed E-state index contributed by atoms with van der Waals surface area (Å²) in [4.78, 5) is 25.1. The first kappa shape index (κ1) is 17.4. The van der Waals surface area contributed by atoms with Crippen LogP contribution in [0, 0.1) is 0 Å². The van der Waals surface area contributed by atoms with Gasteiger partial charge in [-0.1, -0.05) is 6.08 Å². The average Bonchev–Trinajstić information content (AvgIpc) is 2.69. The van der Waals surface area contributed by atoms with Crippen molar-refractivity contribution in [2.24, 2.45) is 0 Å². The van der Waals surface area contributed by atoms with Gasteiger partial charge in [-0.05, 0) is 51.3 Å². The molecule has 1 heterocycles. The summed E-state index contributed by atoms with van der Waals surface area (Å²) < 4.78 is 28.7. The van der Waals surface area contributed by atoms with Crippen LogP contribution < -0.4 is 15.8 Å². The average molecular weight is 349 g/mol. The van der Waals surface area contributed by atoms with Crippen LogP contribution in [0.1, 0.15) is 45.1 Å². The van der Waals surface area contributed by atoms with E-state index in [9.17, 15) is 18.4 Å². The molecular weight excluding hydrogens is 328 g/mol. The van der Waals surface area contributed by atoms with E-state index in [1.165, 1.54) is 12.1 Å². The van der Waals surface area contributed by atoms with Gasteiger partial charge in [0.05, 0.1) is 22.6 Å². The summed E-state index contributed by atoms with van der Waals surface area (Å²) in [7, 11) is 0. The zero-order chi connectivity index (χ0) is 18.2. The van der Waals surface area contributed by atoms with Crippen molar-refractivity contribution in [1.29, 1.82) is 0 Å². The Morgan fingerprint density at radius 1 is 1.16 bits per heavy atom. The number of nitrogens with one attached hydrogen (secondary N) is 2. The summed E-state index contributed by atoms with van der Waals surface area (Å²) in [5.41, 5.74) is 6.33. The van der Waals surface area contributed by atoms with Crippen LogP contribution in [0.4, 0.5) is 20.2 Å². The number of carbonyl (C=O) groups is 2. The molecule has 2 aliphatic rings. The normalized spacial score (nSPS) is 19.6. The van der Waals surface area contributed by atoms with Gasteiger partial charge in [-0.15, -0.1) is 0 Å². The fraction of sp³-hybridized carbons (Fsp3) is 0.444. The number of rotatable bonds is 4. The van der Waals surface area contributed by atoms with E-state index in [1.807, 2.05) is 6.08 Å². The lowest BCUT2D eigenvalue weighted by molar-refractivity contribution is -0.142. The van der Waals surface area contributed by atoms with Gasteiger partial charge < -0.3 is 10.3 Å². The quantitative estimate of drug-likeness (QED) is 0.817. The summed E-state index contributed by atoms with van der Waals surface area (Å²) in [5, 5.41) is 0. The van der Waals surface area contributed by atoms with E-state index in [4.69, 9.17) is 0 Å². The van der Waals surface area contributed by atoms with Gasteiger partial charge in [0, 0.05) is 12.5 Å². The first-order valence-corrected chi connectivity index (χ1v) is 8.43. The van der Waals surface area contributed by atoms with Crippen molar-refractivity contribution in [1.82, 2.24) is 5.43 Å². The highest BCUT2D eigenvalue weighted by Crippen LogP contribution is 2.46. The summed E-state index contributed by atoms with van der Waals surface area (Å²) in [5.74, 6) is -4.75. The van der Waals surface area contributed by atoms with Crippen molar-refractivity contribution in [2.75, 3.05) is 10.3 Å². The molecule has 1 aromatic carbocycles. The van der Waals surface area contributed by atoms with Gasteiger partial charge in [0.2, 0.25) is 0 Å². The minimum atomic E-state index is -3.55. The third kappa shape index (κ3) is 3.10. The summed E-state index contributed by atoms with van der Waals surface area (Å²) in [6, 6.07) is 4.01. The highest BCUT2D eigenvalue weighted by molar-refractivity contribution is 6.06. The number of amides is 1. The van der Waals surface area contributed by atoms with Crippen LogP contribution in [0.2, 0.25) is 0 Å². The Morgan fingerprint density at radius 2 is 1.92 bits per heavy atom. The summed E-state index contributed by atoms with van der Waals surface area (Å²) in [6.45, 7) is 3.39. The molecule has 0 atom stereocenters. The van der Waals surface area contributed by atoms with E-state index in [0.717, 1.165) is 24.2 Å². The molecule has 1 amide bonds. The van der Waals surface area contributed by atoms with Gasteiger partial charge >= 0.3 is 11.8 Å². The number of ketones is 1. The minimum absolute atomic E-state index is 0.00218. The van der Waals surface area contributed by atoms with Crippen molar-refractivity contribution in [2.45, 2.75) is 51.5 Å². The Morgan fingerprint density at radius 3 is 2.64 bits per heavy atom. The van der Waals surface area contributed by atoms with Crippen molar-refractivity contribution < 1.29 is 18.4 Å².